The van der Waals surface area contributed by atoms with Gasteiger partial charge in [-0.3, -0.25) is 4.79 Å². The molecule has 2 atom stereocenters. The minimum absolute atomic E-state index is 0.0999. The number of hydrogen-bond acceptors (Lipinski definition) is 2. The molecule has 1 fully saturated rings. The van der Waals surface area contributed by atoms with Gasteiger partial charge in [0.05, 0.1) is 0 Å². The van der Waals surface area contributed by atoms with Crippen LogP contribution in [0.1, 0.15) is 33.1 Å². The van der Waals surface area contributed by atoms with E-state index in [1.54, 1.807) is 4.90 Å². The molecule has 3 nitrogen and oxygen atoms in total. The predicted octanol–water partition coefficient (Wildman–Crippen LogP) is 3.13. The van der Waals surface area contributed by atoms with Gasteiger partial charge in [-0.1, -0.05) is 0 Å². The molecule has 1 amide bonds. The van der Waals surface area contributed by atoms with Crippen LogP contribution in [0.3, 0.4) is 0 Å². The molecule has 1 aliphatic rings. The van der Waals surface area contributed by atoms with E-state index in [2.05, 4.69) is 0 Å². The zero-order valence-electron chi connectivity index (χ0n) is 11.7. The van der Waals surface area contributed by atoms with E-state index in [1.165, 1.54) is 6.07 Å². The van der Waals surface area contributed by atoms with E-state index in [1.807, 2.05) is 13.8 Å². The lowest BCUT2D eigenvalue weighted by Crippen LogP contribution is -2.49. The first-order valence-electron chi connectivity index (χ1n) is 6.88. The van der Waals surface area contributed by atoms with Crippen molar-refractivity contribution in [2.75, 3.05) is 6.61 Å². The third-order valence-electron chi connectivity index (χ3n) is 3.73. The number of halogens is 2. The Labute approximate surface area is 117 Å². The molecule has 0 unspecified atom stereocenters. The Morgan fingerprint density at radius 2 is 1.95 bits per heavy atom. The fourth-order valence-corrected chi connectivity index (χ4v) is 2.72. The number of piperidine rings is 1. The van der Waals surface area contributed by atoms with Crippen molar-refractivity contribution in [1.29, 1.82) is 0 Å². The summed E-state index contributed by atoms with van der Waals surface area (Å²) < 4.78 is 31.3. The summed E-state index contributed by atoms with van der Waals surface area (Å²) in [6, 6.07) is 3.39. The van der Waals surface area contributed by atoms with Gasteiger partial charge >= 0.3 is 0 Å². The van der Waals surface area contributed by atoms with Crippen molar-refractivity contribution in [2.24, 2.45) is 0 Å². The van der Waals surface area contributed by atoms with Crippen molar-refractivity contribution in [1.82, 2.24) is 4.90 Å². The van der Waals surface area contributed by atoms with Crippen molar-refractivity contribution >= 4 is 5.91 Å². The van der Waals surface area contributed by atoms with Crippen LogP contribution in [0, 0.1) is 11.6 Å². The highest BCUT2D eigenvalue weighted by molar-refractivity contribution is 5.78. The summed E-state index contributed by atoms with van der Waals surface area (Å²) >= 11 is 0. The highest BCUT2D eigenvalue weighted by Crippen LogP contribution is 2.23. The van der Waals surface area contributed by atoms with Crippen LogP contribution in [0.25, 0.3) is 0 Å². The lowest BCUT2D eigenvalue weighted by Gasteiger charge is -2.38. The molecule has 2 rings (SSSR count). The zero-order valence-corrected chi connectivity index (χ0v) is 11.7. The topological polar surface area (TPSA) is 29.5 Å². The number of benzene rings is 1. The van der Waals surface area contributed by atoms with Crippen molar-refractivity contribution in [3.05, 3.63) is 29.8 Å². The Hall–Kier alpha value is -1.65. The minimum Gasteiger partial charge on any atom is -0.481 e. The fourth-order valence-electron chi connectivity index (χ4n) is 2.72. The first kappa shape index (κ1) is 14.8. The van der Waals surface area contributed by atoms with Crippen LogP contribution in [0.5, 0.6) is 5.75 Å². The molecule has 1 aromatic rings. The van der Waals surface area contributed by atoms with E-state index < -0.39 is 11.6 Å². The summed E-state index contributed by atoms with van der Waals surface area (Å²) in [5, 5.41) is 0. The summed E-state index contributed by atoms with van der Waals surface area (Å²) in [6.07, 6.45) is 3.06. The number of carbonyl (C=O) groups excluding carboxylic acids is 1. The monoisotopic (exact) mass is 283 g/mol. The molecule has 110 valence electrons. The molecule has 0 saturated carbocycles. The van der Waals surface area contributed by atoms with Crippen molar-refractivity contribution in [2.45, 2.75) is 45.2 Å². The SMILES string of the molecule is C[C@H]1CCC[C@H](C)N1C(=O)COc1ccc(F)cc1F. The van der Waals surface area contributed by atoms with Gasteiger partial charge in [0.15, 0.2) is 18.2 Å². The van der Waals surface area contributed by atoms with Gasteiger partial charge in [-0.2, -0.15) is 0 Å². The van der Waals surface area contributed by atoms with Crippen molar-refractivity contribution in [3.63, 3.8) is 0 Å². The first-order chi connectivity index (χ1) is 9.49. The van der Waals surface area contributed by atoms with Crippen LogP contribution >= 0.6 is 0 Å². The van der Waals surface area contributed by atoms with Gasteiger partial charge in [0.1, 0.15) is 5.82 Å². The average Bonchev–Trinajstić information content (AvgIpc) is 2.37. The van der Waals surface area contributed by atoms with E-state index >= 15 is 0 Å². The normalized spacial score (nSPS) is 22.7. The van der Waals surface area contributed by atoms with E-state index in [0.717, 1.165) is 31.4 Å². The number of carbonyl (C=O) groups is 1. The highest BCUT2D eigenvalue weighted by atomic mass is 19.1. The molecule has 1 aliphatic heterocycles. The molecular formula is C15H19F2NO2. The van der Waals surface area contributed by atoms with Crippen LogP contribution in [-0.4, -0.2) is 29.5 Å². The number of nitrogens with zero attached hydrogens (tertiary/aromatic N) is 1. The Morgan fingerprint density at radius 1 is 1.30 bits per heavy atom. The lowest BCUT2D eigenvalue weighted by atomic mass is 9.97. The Balaban J connectivity index is 1.97. The van der Waals surface area contributed by atoms with Gasteiger partial charge < -0.3 is 9.64 Å². The third kappa shape index (κ3) is 3.26. The summed E-state index contributed by atoms with van der Waals surface area (Å²) in [5.41, 5.74) is 0. The fraction of sp³-hybridized carbons (Fsp3) is 0.533. The first-order valence-corrected chi connectivity index (χ1v) is 6.88. The molecule has 5 heteroatoms. The largest absolute Gasteiger partial charge is 0.481 e. The number of hydrogen-bond donors (Lipinski definition) is 0. The molecule has 1 heterocycles. The van der Waals surface area contributed by atoms with Gasteiger partial charge in [-0.15, -0.1) is 0 Å². The second kappa shape index (κ2) is 6.20. The van der Waals surface area contributed by atoms with Crippen LogP contribution in [0.4, 0.5) is 8.78 Å². The lowest BCUT2D eigenvalue weighted by molar-refractivity contribution is -0.139. The number of ether oxygens (including phenoxy) is 1. The summed E-state index contributed by atoms with van der Waals surface area (Å²) in [4.78, 5) is 14.0. The molecule has 0 bridgehead atoms. The quantitative estimate of drug-likeness (QED) is 0.853. The molecule has 0 radical (unpaired) electrons. The van der Waals surface area contributed by atoms with Crippen LogP contribution in [-0.2, 0) is 4.79 Å². The van der Waals surface area contributed by atoms with E-state index in [-0.39, 0.29) is 30.3 Å². The van der Waals surface area contributed by atoms with Crippen molar-refractivity contribution < 1.29 is 18.3 Å². The van der Waals surface area contributed by atoms with E-state index in [9.17, 15) is 13.6 Å². The maximum atomic E-state index is 13.4. The molecule has 20 heavy (non-hydrogen) atoms. The molecule has 0 spiro atoms. The van der Waals surface area contributed by atoms with E-state index in [4.69, 9.17) is 4.74 Å². The second-order valence-electron chi connectivity index (χ2n) is 5.29. The number of likely N-dealkylation sites (tertiary alicyclic amines) is 1. The Morgan fingerprint density at radius 3 is 2.55 bits per heavy atom. The third-order valence-corrected chi connectivity index (χ3v) is 3.73. The summed E-state index contributed by atoms with van der Waals surface area (Å²) in [6.45, 7) is 3.79. The Bertz CT molecular complexity index is 483. The number of amides is 1. The molecule has 1 saturated heterocycles. The van der Waals surface area contributed by atoms with Gasteiger partial charge in [-0.05, 0) is 45.2 Å². The van der Waals surface area contributed by atoms with Gasteiger partial charge in [0, 0.05) is 18.2 Å². The standard InChI is InChI=1S/C15H19F2NO2/c1-10-4-3-5-11(2)18(10)15(19)9-20-14-7-6-12(16)8-13(14)17/h6-8,10-11H,3-5,9H2,1-2H3/t10-,11-/m0/s1. The van der Waals surface area contributed by atoms with Gasteiger partial charge in [-0.25, -0.2) is 8.78 Å². The van der Waals surface area contributed by atoms with Crippen LogP contribution in [0.15, 0.2) is 18.2 Å². The van der Waals surface area contributed by atoms with Crippen molar-refractivity contribution in [3.8, 4) is 5.75 Å². The molecule has 1 aromatic carbocycles. The van der Waals surface area contributed by atoms with Crippen LogP contribution in [0.2, 0.25) is 0 Å². The molecular weight excluding hydrogens is 264 g/mol. The maximum absolute atomic E-state index is 13.4. The summed E-state index contributed by atoms with van der Waals surface area (Å²) in [5.74, 6) is -1.72. The highest BCUT2D eigenvalue weighted by Gasteiger charge is 2.29. The molecule has 0 N–H and O–H groups in total. The average molecular weight is 283 g/mol. The van der Waals surface area contributed by atoms with Gasteiger partial charge in [0.2, 0.25) is 0 Å². The van der Waals surface area contributed by atoms with Crippen LogP contribution < -0.4 is 4.74 Å². The molecule has 0 aromatic heterocycles. The minimum atomic E-state index is -0.794. The Kier molecular flexibility index (Phi) is 4.57. The van der Waals surface area contributed by atoms with E-state index in [0.29, 0.717) is 0 Å². The summed E-state index contributed by atoms with van der Waals surface area (Å²) in [7, 11) is 0. The maximum Gasteiger partial charge on any atom is 0.260 e. The predicted molar refractivity (Wildman–Crippen MR) is 71.5 cm³/mol. The van der Waals surface area contributed by atoms with Gasteiger partial charge in [0.25, 0.3) is 5.91 Å². The second-order valence-corrected chi connectivity index (χ2v) is 5.29. The molecule has 0 aliphatic carbocycles. The number of rotatable bonds is 3. The zero-order chi connectivity index (χ0) is 14.7. The smallest absolute Gasteiger partial charge is 0.260 e.